The highest BCUT2D eigenvalue weighted by molar-refractivity contribution is 5.85. The lowest BCUT2D eigenvalue weighted by atomic mass is 10.1. The summed E-state index contributed by atoms with van der Waals surface area (Å²) in [5.74, 6) is 0. The van der Waals surface area contributed by atoms with Crippen LogP contribution in [0.4, 0.5) is 0 Å². The van der Waals surface area contributed by atoms with E-state index < -0.39 is 0 Å². The van der Waals surface area contributed by atoms with Crippen LogP contribution in [0.25, 0.3) is 0 Å². The maximum atomic E-state index is 3.47. The third-order valence-corrected chi connectivity index (χ3v) is 2.24. The third kappa shape index (κ3) is 2.69. The molecule has 1 saturated heterocycles. The largest absolute Gasteiger partial charge is 0.314 e. The average Bonchev–Trinajstić information content (AvgIpc) is 2.21. The molecule has 2 nitrogen and oxygen atoms in total. The summed E-state index contributed by atoms with van der Waals surface area (Å²) in [5.41, 5.74) is 1.38. The molecule has 0 unspecified atom stereocenters. The normalized spacial score (nSPS) is 22.0. The van der Waals surface area contributed by atoms with Crippen molar-refractivity contribution in [3.8, 4) is 0 Å². The van der Waals surface area contributed by atoms with E-state index >= 15 is 0 Å². The number of hydrogen-bond donors (Lipinski definition) is 2. The molecule has 1 heterocycles. The highest BCUT2D eigenvalue weighted by atomic mass is 35.5. The summed E-state index contributed by atoms with van der Waals surface area (Å²) in [6.07, 6.45) is 0. The Kier molecular flexibility index (Phi) is 4.22. The van der Waals surface area contributed by atoms with Crippen molar-refractivity contribution in [2.24, 2.45) is 0 Å². The minimum Gasteiger partial charge on any atom is -0.314 e. The van der Waals surface area contributed by atoms with Crippen LogP contribution >= 0.6 is 12.4 Å². The van der Waals surface area contributed by atoms with Crippen LogP contribution in [0, 0.1) is 0 Å². The van der Waals surface area contributed by atoms with Gasteiger partial charge in [0.05, 0.1) is 0 Å². The Balaban J connectivity index is 0.000000845. The summed E-state index contributed by atoms with van der Waals surface area (Å²) >= 11 is 0. The fourth-order valence-corrected chi connectivity index (χ4v) is 1.57. The topological polar surface area (TPSA) is 24.1 Å². The molecule has 0 spiro atoms. The fraction of sp³-hybridized carbons (Fsp3) is 0.400. The standard InChI is InChI=1S/C10H14N2.ClH/c1-2-4-9(5-3-1)10-8-11-6-7-12-10;/h1-5,10-12H,6-8H2;1H/t10-;/m1./s1. The summed E-state index contributed by atoms with van der Waals surface area (Å²) in [6, 6.07) is 11.1. The zero-order valence-corrected chi connectivity index (χ0v) is 8.31. The van der Waals surface area contributed by atoms with Gasteiger partial charge in [0, 0.05) is 25.7 Å². The lowest BCUT2D eigenvalue weighted by Gasteiger charge is -2.24. The van der Waals surface area contributed by atoms with Crippen molar-refractivity contribution in [3.63, 3.8) is 0 Å². The average molecular weight is 199 g/mol. The molecule has 1 atom stereocenters. The second kappa shape index (κ2) is 5.22. The van der Waals surface area contributed by atoms with E-state index in [-0.39, 0.29) is 12.4 Å². The van der Waals surface area contributed by atoms with Crippen LogP contribution < -0.4 is 10.6 Å². The van der Waals surface area contributed by atoms with Gasteiger partial charge >= 0.3 is 0 Å². The first kappa shape index (κ1) is 10.5. The zero-order valence-electron chi connectivity index (χ0n) is 7.49. The van der Waals surface area contributed by atoms with E-state index in [2.05, 4.69) is 41.0 Å². The Hall–Kier alpha value is -0.570. The highest BCUT2D eigenvalue weighted by Crippen LogP contribution is 2.12. The van der Waals surface area contributed by atoms with Crippen molar-refractivity contribution in [1.82, 2.24) is 10.6 Å². The van der Waals surface area contributed by atoms with Gasteiger partial charge in [-0.3, -0.25) is 0 Å². The van der Waals surface area contributed by atoms with E-state index in [1.165, 1.54) is 5.56 Å². The van der Waals surface area contributed by atoms with Gasteiger partial charge in [-0.2, -0.15) is 0 Å². The summed E-state index contributed by atoms with van der Waals surface area (Å²) in [7, 11) is 0. The van der Waals surface area contributed by atoms with Gasteiger partial charge < -0.3 is 10.6 Å². The molecule has 1 aliphatic rings. The molecule has 13 heavy (non-hydrogen) atoms. The quantitative estimate of drug-likeness (QED) is 0.712. The Morgan fingerprint density at radius 1 is 1.08 bits per heavy atom. The maximum Gasteiger partial charge on any atom is 0.0447 e. The van der Waals surface area contributed by atoms with Crippen LogP contribution in [0.1, 0.15) is 11.6 Å². The molecule has 0 radical (unpaired) electrons. The van der Waals surface area contributed by atoms with Gasteiger partial charge in [0.1, 0.15) is 0 Å². The molecule has 2 N–H and O–H groups in total. The second-order valence-corrected chi connectivity index (χ2v) is 3.12. The minimum atomic E-state index is 0. The van der Waals surface area contributed by atoms with Crippen LogP contribution in [0.5, 0.6) is 0 Å². The SMILES string of the molecule is Cl.c1ccc([C@H]2CNCCN2)cc1. The summed E-state index contributed by atoms with van der Waals surface area (Å²) < 4.78 is 0. The Bertz CT molecular complexity index is 232. The van der Waals surface area contributed by atoms with Crippen LogP contribution in [-0.2, 0) is 0 Å². The summed E-state index contributed by atoms with van der Waals surface area (Å²) in [6.45, 7) is 3.20. The minimum absolute atomic E-state index is 0. The molecule has 72 valence electrons. The van der Waals surface area contributed by atoms with E-state index in [1.54, 1.807) is 0 Å². The van der Waals surface area contributed by atoms with Gasteiger partial charge in [0.15, 0.2) is 0 Å². The molecule has 0 aliphatic carbocycles. The first-order valence-electron chi connectivity index (χ1n) is 4.46. The Morgan fingerprint density at radius 3 is 2.46 bits per heavy atom. The second-order valence-electron chi connectivity index (χ2n) is 3.12. The molecular weight excluding hydrogens is 184 g/mol. The molecule has 0 amide bonds. The molecule has 1 fully saturated rings. The molecule has 0 aromatic heterocycles. The Labute approximate surface area is 85.1 Å². The summed E-state index contributed by atoms with van der Waals surface area (Å²) in [4.78, 5) is 0. The van der Waals surface area contributed by atoms with Crippen molar-refractivity contribution in [3.05, 3.63) is 35.9 Å². The van der Waals surface area contributed by atoms with Crippen molar-refractivity contribution < 1.29 is 0 Å². The first-order chi connectivity index (χ1) is 5.97. The van der Waals surface area contributed by atoms with E-state index in [4.69, 9.17) is 0 Å². The van der Waals surface area contributed by atoms with Crippen molar-refractivity contribution in [2.45, 2.75) is 6.04 Å². The number of piperazine rings is 1. The van der Waals surface area contributed by atoms with Gasteiger partial charge in [-0.1, -0.05) is 30.3 Å². The number of halogens is 1. The number of nitrogens with one attached hydrogen (secondary N) is 2. The molecule has 0 bridgehead atoms. The van der Waals surface area contributed by atoms with Crippen LogP contribution in [0.3, 0.4) is 0 Å². The number of rotatable bonds is 1. The van der Waals surface area contributed by atoms with Crippen molar-refractivity contribution in [1.29, 1.82) is 0 Å². The van der Waals surface area contributed by atoms with Gasteiger partial charge in [-0.05, 0) is 5.56 Å². The molecule has 0 saturated carbocycles. The molecule has 1 aromatic carbocycles. The predicted octanol–water partition coefficient (Wildman–Crippen LogP) is 1.34. The van der Waals surface area contributed by atoms with Gasteiger partial charge in [-0.25, -0.2) is 0 Å². The Morgan fingerprint density at radius 2 is 1.85 bits per heavy atom. The smallest absolute Gasteiger partial charge is 0.0447 e. The number of hydrogen-bond acceptors (Lipinski definition) is 2. The monoisotopic (exact) mass is 198 g/mol. The van der Waals surface area contributed by atoms with Crippen molar-refractivity contribution >= 4 is 12.4 Å². The molecule has 1 aromatic rings. The van der Waals surface area contributed by atoms with Crippen LogP contribution in [-0.4, -0.2) is 19.6 Å². The lowest BCUT2D eigenvalue weighted by molar-refractivity contribution is 0.430. The first-order valence-corrected chi connectivity index (χ1v) is 4.46. The van der Waals surface area contributed by atoms with Gasteiger partial charge in [0.25, 0.3) is 0 Å². The molecular formula is C10H15ClN2. The fourth-order valence-electron chi connectivity index (χ4n) is 1.57. The predicted molar refractivity (Wildman–Crippen MR) is 57.3 cm³/mol. The van der Waals surface area contributed by atoms with Gasteiger partial charge in [0.2, 0.25) is 0 Å². The van der Waals surface area contributed by atoms with Crippen LogP contribution in [0.2, 0.25) is 0 Å². The van der Waals surface area contributed by atoms with E-state index in [0.717, 1.165) is 19.6 Å². The van der Waals surface area contributed by atoms with E-state index in [9.17, 15) is 0 Å². The molecule has 2 rings (SSSR count). The van der Waals surface area contributed by atoms with Gasteiger partial charge in [-0.15, -0.1) is 12.4 Å². The van der Waals surface area contributed by atoms with E-state index in [1.807, 2.05) is 0 Å². The lowest BCUT2D eigenvalue weighted by Crippen LogP contribution is -2.42. The van der Waals surface area contributed by atoms with Crippen molar-refractivity contribution in [2.75, 3.05) is 19.6 Å². The zero-order chi connectivity index (χ0) is 8.23. The third-order valence-electron chi connectivity index (χ3n) is 2.24. The maximum absolute atomic E-state index is 3.47. The van der Waals surface area contributed by atoms with E-state index in [0.29, 0.717) is 6.04 Å². The van der Waals surface area contributed by atoms with Crippen LogP contribution in [0.15, 0.2) is 30.3 Å². The summed E-state index contributed by atoms with van der Waals surface area (Å²) in [5, 5.41) is 6.84. The highest BCUT2D eigenvalue weighted by Gasteiger charge is 2.12. The molecule has 1 aliphatic heterocycles. The number of benzene rings is 1. The molecule has 3 heteroatoms.